The molecule has 0 spiro atoms. The summed E-state index contributed by atoms with van der Waals surface area (Å²) in [6, 6.07) is 0. The van der Waals surface area contributed by atoms with Crippen molar-refractivity contribution in [3.8, 4) is 11.8 Å². The van der Waals surface area contributed by atoms with E-state index in [4.69, 9.17) is 0 Å². The number of fused-ring (bicyclic) bond motifs is 1. The Balaban J connectivity index is 2.07. The van der Waals surface area contributed by atoms with Crippen molar-refractivity contribution in [2.45, 2.75) is 19.8 Å². The molecule has 2 aromatic rings. The number of hydrogen-bond acceptors (Lipinski definition) is 3. The number of nitrogens with one attached hydrogen (secondary N) is 1. The molecule has 2 heterocycles. The normalized spacial score (nSPS) is 17.1. The predicted molar refractivity (Wildman–Crippen MR) is 55.9 cm³/mol. The van der Waals surface area contributed by atoms with E-state index >= 15 is 0 Å². The molecular weight excluding hydrogens is 188 g/mol. The van der Waals surface area contributed by atoms with Crippen LogP contribution in [-0.2, 0) is 0 Å². The van der Waals surface area contributed by atoms with Crippen LogP contribution in [0, 0.1) is 17.3 Å². The zero-order valence-corrected chi connectivity index (χ0v) is 8.41. The van der Waals surface area contributed by atoms with Gasteiger partial charge in [-0.2, -0.15) is 5.10 Å². The Morgan fingerprint density at radius 1 is 1.33 bits per heavy atom. The number of nitrogens with zero attached hydrogens (tertiary/aromatic N) is 3. The molecule has 0 atom stereocenters. The lowest BCUT2D eigenvalue weighted by atomic mass is 10.1. The molecule has 74 valence electrons. The Morgan fingerprint density at radius 3 is 2.93 bits per heavy atom. The van der Waals surface area contributed by atoms with Crippen molar-refractivity contribution in [1.82, 2.24) is 20.2 Å². The van der Waals surface area contributed by atoms with Gasteiger partial charge < -0.3 is 0 Å². The van der Waals surface area contributed by atoms with Gasteiger partial charge in [-0.15, -0.1) is 0 Å². The first-order valence-corrected chi connectivity index (χ1v) is 4.95. The van der Waals surface area contributed by atoms with E-state index in [0.717, 1.165) is 11.2 Å². The highest BCUT2D eigenvalue weighted by atomic mass is 15.2. The average Bonchev–Trinajstić information content (AvgIpc) is 2.86. The molecule has 1 aliphatic rings. The lowest BCUT2D eigenvalue weighted by Gasteiger charge is -1.91. The van der Waals surface area contributed by atoms with Crippen LogP contribution in [0.2, 0.25) is 0 Å². The first-order chi connectivity index (χ1) is 7.27. The molecule has 0 bridgehead atoms. The maximum Gasteiger partial charge on any atom is 0.200 e. The van der Waals surface area contributed by atoms with Gasteiger partial charge in [0, 0.05) is 17.8 Å². The number of aromatic amines is 1. The molecule has 0 aliphatic heterocycles. The third kappa shape index (κ3) is 1.46. The number of H-pyrrole nitrogens is 1. The molecule has 1 fully saturated rings. The zero-order valence-electron chi connectivity index (χ0n) is 8.41. The Hall–Kier alpha value is -1.89. The van der Waals surface area contributed by atoms with E-state index < -0.39 is 0 Å². The van der Waals surface area contributed by atoms with Crippen LogP contribution in [0.1, 0.15) is 25.5 Å². The van der Waals surface area contributed by atoms with E-state index in [1.807, 2.05) is 0 Å². The Kier molecular flexibility index (Phi) is 1.57. The Morgan fingerprint density at radius 2 is 2.13 bits per heavy atom. The van der Waals surface area contributed by atoms with Gasteiger partial charge in [0.05, 0.1) is 0 Å². The van der Waals surface area contributed by atoms with Crippen molar-refractivity contribution in [2.24, 2.45) is 5.41 Å². The smallest absolute Gasteiger partial charge is 0.200 e. The minimum absolute atomic E-state index is 0.222. The summed E-state index contributed by atoms with van der Waals surface area (Å²) in [5.74, 6) is 6.34. The molecule has 0 saturated heterocycles. The second kappa shape index (κ2) is 2.80. The van der Waals surface area contributed by atoms with Crippen LogP contribution in [0.15, 0.2) is 12.4 Å². The predicted octanol–water partition coefficient (Wildman–Crippen LogP) is 1.50. The van der Waals surface area contributed by atoms with E-state index in [2.05, 4.69) is 38.9 Å². The monoisotopic (exact) mass is 198 g/mol. The lowest BCUT2D eigenvalue weighted by molar-refractivity contribution is 0.782. The molecule has 1 saturated carbocycles. The summed E-state index contributed by atoms with van der Waals surface area (Å²) in [7, 11) is 0. The Bertz CT molecular complexity index is 569. The molecule has 15 heavy (non-hydrogen) atoms. The molecule has 0 aromatic carbocycles. The van der Waals surface area contributed by atoms with Gasteiger partial charge in [-0.1, -0.05) is 5.92 Å². The number of hydrogen-bond donors (Lipinski definition) is 1. The van der Waals surface area contributed by atoms with E-state index in [0.29, 0.717) is 5.65 Å². The zero-order chi connectivity index (χ0) is 10.3. The van der Waals surface area contributed by atoms with Crippen molar-refractivity contribution in [1.29, 1.82) is 0 Å². The highest BCUT2D eigenvalue weighted by Gasteiger charge is 2.35. The Labute approximate surface area is 87.1 Å². The van der Waals surface area contributed by atoms with Crippen molar-refractivity contribution in [3.63, 3.8) is 0 Å². The van der Waals surface area contributed by atoms with Gasteiger partial charge in [-0.05, 0) is 25.7 Å². The molecular formula is C11H10N4. The summed E-state index contributed by atoms with van der Waals surface area (Å²) in [5.41, 5.74) is 2.38. The fourth-order valence-electron chi connectivity index (χ4n) is 1.36. The summed E-state index contributed by atoms with van der Waals surface area (Å²) in [5, 5.41) is 6.90. The number of rotatable bonds is 0. The van der Waals surface area contributed by atoms with Gasteiger partial charge >= 0.3 is 0 Å². The maximum absolute atomic E-state index is 4.20. The first-order valence-electron chi connectivity index (χ1n) is 4.95. The van der Waals surface area contributed by atoms with E-state index in [9.17, 15) is 0 Å². The van der Waals surface area contributed by atoms with Crippen molar-refractivity contribution in [3.05, 3.63) is 18.1 Å². The highest BCUT2D eigenvalue weighted by molar-refractivity contribution is 5.75. The maximum atomic E-state index is 4.20. The van der Waals surface area contributed by atoms with Crippen LogP contribution in [0.4, 0.5) is 0 Å². The molecule has 1 N–H and O–H groups in total. The highest BCUT2D eigenvalue weighted by Crippen LogP contribution is 2.44. The standard InChI is InChI=1S/C11H10N4/c1-11(4-5-11)3-2-8-9-10(15-14-8)13-7-6-12-9/h6-7H,4-5H2,1H3,(H,13,14,15). The molecule has 4 nitrogen and oxygen atoms in total. The van der Waals surface area contributed by atoms with Crippen molar-refractivity contribution in [2.75, 3.05) is 0 Å². The van der Waals surface area contributed by atoms with Crippen LogP contribution in [0.3, 0.4) is 0 Å². The summed E-state index contributed by atoms with van der Waals surface area (Å²) in [6.07, 6.45) is 5.67. The fraction of sp³-hybridized carbons (Fsp3) is 0.364. The lowest BCUT2D eigenvalue weighted by Crippen LogP contribution is -1.86. The molecule has 3 rings (SSSR count). The third-order valence-electron chi connectivity index (χ3n) is 2.68. The van der Waals surface area contributed by atoms with Crippen LogP contribution in [0.25, 0.3) is 11.2 Å². The van der Waals surface area contributed by atoms with Gasteiger partial charge in [0.1, 0.15) is 11.2 Å². The third-order valence-corrected chi connectivity index (χ3v) is 2.68. The molecule has 0 unspecified atom stereocenters. The fourth-order valence-corrected chi connectivity index (χ4v) is 1.36. The van der Waals surface area contributed by atoms with Crippen LogP contribution in [-0.4, -0.2) is 20.2 Å². The first kappa shape index (κ1) is 8.42. The van der Waals surface area contributed by atoms with Gasteiger partial charge in [0.2, 0.25) is 5.65 Å². The van der Waals surface area contributed by atoms with E-state index in [1.54, 1.807) is 12.4 Å². The molecule has 4 heteroatoms. The molecule has 1 aliphatic carbocycles. The van der Waals surface area contributed by atoms with E-state index in [-0.39, 0.29) is 5.41 Å². The summed E-state index contributed by atoms with van der Waals surface area (Å²) in [4.78, 5) is 8.29. The molecule has 2 aromatic heterocycles. The van der Waals surface area contributed by atoms with E-state index in [1.165, 1.54) is 12.8 Å². The van der Waals surface area contributed by atoms with Gasteiger partial charge in [0.15, 0.2) is 0 Å². The molecule has 0 radical (unpaired) electrons. The van der Waals surface area contributed by atoms with Gasteiger partial charge in [-0.3, -0.25) is 5.10 Å². The summed E-state index contributed by atoms with van der Waals surface area (Å²) >= 11 is 0. The largest absolute Gasteiger partial charge is 0.266 e. The van der Waals surface area contributed by atoms with Crippen LogP contribution >= 0.6 is 0 Å². The molecule has 0 amide bonds. The second-order valence-corrected chi connectivity index (χ2v) is 4.14. The summed E-state index contributed by atoms with van der Waals surface area (Å²) in [6.45, 7) is 2.17. The average molecular weight is 198 g/mol. The number of aromatic nitrogens is 4. The van der Waals surface area contributed by atoms with Gasteiger partial charge in [-0.25, -0.2) is 9.97 Å². The topological polar surface area (TPSA) is 54.5 Å². The van der Waals surface area contributed by atoms with Gasteiger partial charge in [0.25, 0.3) is 0 Å². The van der Waals surface area contributed by atoms with Crippen molar-refractivity contribution >= 4 is 11.2 Å². The SMILES string of the molecule is CC1(C#Cc2[nH]nc3nccnc23)CC1. The minimum atomic E-state index is 0.222. The summed E-state index contributed by atoms with van der Waals surface area (Å²) < 4.78 is 0. The minimum Gasteiger partial charge on any atom is -0.266 e. The van der Waals surface area contributed by atoms with Crippen molar-refractivity contribution < 1.29 is 0 Å². The van der Waals surface area contributed by atoms with Crippen LogP contribution in [0.5, 0.6) is 0 Å². The quantitative estimate of drug-likeness (QED) is 0.653. The second-order valence-electron chi connectivity index (χ2n) is 4.14. The van der Waals surface area contributed by atoms with Crippen LogP contribution < -0.4 is 0 Å².